The molecule has 3 heteroatoms. The third kappa shape index (κ3) is 2.24. The van der Waals surface area contributed by atoms with Crippen LogP contribution < -0.4 is 5.32 Å². The van der Waals surface area contributed by atoms with Gasteiger partial charge in [0, 0.05) is 19.1 Å². The predicted octanol–water partition coefficient (Wildman–Crippen LogP) is 1.78. The van der Waals surface area contributed by atoms with Gasteiger partial charge >= 0.3 is 0 Å². The van der Waals surface area contributed by atoms with E-state index in [1.54, 1.807) is 0 Å². The van der Waals surface area contributed by atoms with Crippen LogP contribution in [0.15, 0.2) is 0 Å². The second-order valence-electron chi connectivity index (χ2n) is 5.12. The highest BCUT2D eigenvalue weighted by atomic mass is 16.2. The minimum absolute atomic E-state index is 0.105. The summed E-state index contributed by atoms with van der Waals surface area (Å²) in [7, 11) is 0. The lowest BCUT2D eigenvalue weighted by atomic mass is 9.85. The molecule has 2 rings (SSSR count). The zero-order valence-corrected chi connectivity index (χ0v) is 10.5. The molecule has 1 amide bonds. The molecule has 1 saturated heterocycles. The second kappa shape index (κ2) is 5.17. The number of hydrogen-bond acceptors (Lipinski definition) is 2. The first-order chi connectivity index (χ1) is 7.76. The van der Waals surface area contributed by atoms with Gasteiger partial charge in [0.2, 0.25) is 5.91 Å². The van der Waals surface area contributed by atoms with Crippen LogP contribution in [0.3, 0.4) is 0 Å². The van der Waals surface area contributed by atoms with Gasteiger partial charge in [0.05, 0.1) is 6.04 Å². The van der Waals surface area contributed by atoms with Gasteiger partial charge in [0.1, 0.15) is 0 Å². The van der Waals surface area contributed by atoms with Crippen molar-refractivity contribution in [3.05, 3.63) is 0 Å². The molecular formula is C13H24N2O. The van der Waals surface area contributed by atoms with Crippen molar-refractivity contribution >= 4 is 5.91 Å². The number of carbonyl (C=O) groups excluding carboxylic acids is 1. The lowest BCUT2D eigenvalue weighted by molar-refractivity contribution is -0.132. The first-order valence-corrected chi connectivity index (χ1v) is 6.81. The Morgan fingerprint density at radius 1 is 1.25 bits per heavy atom. The van der Waals surface area contributed by atoms with Crippen LogP contribution in [0.4, 0.5) is 0 Å². The molecule has 3 nitrogen and oxygen atoms in total. The molecule has 1 aliphatic carbocycles. The molecule has 0 bridgehead atoms. The third-order valence-electron chi connectivity index (χ3n) is 4.24. The monoisotopic (exact) mass is 224 g/mol. The summed E-state index contributed by atoms with van der Waals surface area (Å²) >= 11 is 0. The minimum atomic E-state index is 0.105. The molecule has 1 saturated carbocycles. The molecule has 1 heterocycles. The van der Waals surface area contributed by atoms with E-state index in [9.17, 15) is 4.79 Å². The maximum absolute atomic E-state index is 12.2. The summed E-state index contributed by atoms with van der Waals surface area (Å²) < 4.78 is 0. The van der Waals surface area contributed by atoms with Crippen molar-refractivity contribution in [3.8, 4) is 0 Å². The van der Waals surface area contributed by atoms with E-state index in [-0.39, 0.29) is 6.04 Å². The summed E-state index contributed by atoms with van der Waals surface area (Å²) in [6.07, 6.45) is 6.35. The highest BCUT2D eigenvalue weighted by molar-refractivity contribution is 5.82. The first-order valence-electron chi connectivity index (χ1n) is 6.81. The van der Waals surface area contributed by atoms with Crippen molar-refractivity contribution in [2.45, 2.75) is 58.0 Å². The summed E-state index contributed by atoms with van der Waals surface area (Å²) in [6, 6.07) is 0.728. The minimum Gasteiger partial charge on any atom is -0.342 e. The molecule has 92 valence electrons. The molecule has 3 atom stereocenters. The highest BCUT2D eigenvalue weighted by Gasteiger charge is 2.39. The van der Waals surface area contributed by atoms with Gasteiger partial charge in [0.15, 0.2) is 0 Å². The van der Waals surface area contributed by atoms with E-state index in [1.165, 1.54) is 25.7 Å². The average molecular weight is 224 g/mol. The van der Waals surface area contributed by atoms with E-state index in [2.05, 4.69) is 19.2 Å². The van der Waals surface area contributed by atoms with Crippen LogP contribution in [-0.4, -0.2) is 36.0 Å². The van der Waals surface area contributed by atoms with Crippen molar-refractivity contribution in [1.82, 2.24) is 10.2 Å². The van der Waals surface area contributed by atoms with Gasteiger partial charge in [-0.15, -0.1) is 0 Å². The maximum Gasteiger partial charge on any atom is 0.239 e. The van der Waals surface area contributed by atoms with Gasteiger partial charge in [-0.1, -0.05) is 12.8 Å². The molecule has 0 spiro atoms. The van der Waals surface area contributed by atoms with E-state index in [4.69, 9.17) is 0 Å². The molecule has 2 aliphatic rings. The van der Waals surface area contributed by atoms with E-state index >= 15 is 0 Å². The van der Waals surface area contributed by atoms with E-state index < -0.39 is 0 Å². The Kier molecular flexibility index (Phi) is 3.85. The summed E-state index contributed by atoms with van der Waals surface area (Å²) in [5.41, 5.74) is 0. The van der Waals surface area contributed by atoms with Crippen LogP contribution in [0.2, 0.25) is 0 Å². The van der Waals surface area contributed by atoms with Gasteiger partial charge < -0.3 is 10.2 Å². The Morgan fingerprint density at radius 3 is 2.56 bits per heavy atom. The van der Waals surface area contributed by atoms with E-state index in [0.29, 0.717) is 11.9 Å². The Balaban J connectivity index is 1.94. The summed E-state index contributed by atoms with van der Waals surface area (Å²) in [5, 5.41) is 3.55. The van der Waals surface area contributed by atoms with Gasteiger partial charge in [0.25, 0.3) is 0 Å². The zero-order chi connectivity index (χ0) is 11.5. The van der Waals surface area contributed by atoms with E-state index in [1.807, 2.05) is 4.90 Å². The van der Waals surface area contributed by atoms with Crippen LogP contribution >= 0.6 is 0 Å². The fourth-order valence-corrected chi connectivity index (χ4v) is 3.27. The third-order valence-corrected chi connectivity index (χ3v) is 4.24. The van der Waals surface area contributed by atoms with E-state index in [0.717, 1.165) is 25.4 Å². The molecule has 1 N–H and O–H groups in total. The standard InChI is InChI=1S/C13H24N2O/c1-3-15(4-2)13(16)12-9-10-7-5-6-8-11(10)14-12/h10-12,14H,3-9H2,1-2H3/t10-,11-,12-/m0/s1. The number of nitrogens with zero attached hydrogens (tertiary/aromatic N) is 1. The van der Waals surface area contributed by atoms with Gasteiger partial charge in [-0.2, -0.15) is 0 Å². The topological polar surface area (TPSA) is 32.3 Å². The Morgan fingerprint density at radius 2 is 1.94 bits per heavy atom. The molecule has 0 unspecified atom stereocenters. The SMILES string of the molecule is CCN(CC)C(=O)[C@@H]1C[C@@H]2CCCC[C@@H]2N1. The highest BCUT2D eigenvalue weighted by Crippen LogP contribution is 2.33. The molecular weight excluding hydrogens is 200 g/mol. The zero-order valence-electron chi connectivity index (χ0n) is 10.5. The van der Waals surface area contributed by atoms with Crippen LogP contribution in [0.25, 0.3) is 0 Å². The van der Waals surface area contributed by atoms with Crippen LogP contribution in [0.1, 0.15) is 46.0 Å². The second-order valence-corrected chi connectivity index (χ2v) is 5.12. The fourth-order valence-electron chi connectivity index (χ4n) is 3.27. The van der Waals surface area contributed by atoms with Crippen LogP contribution in [-0.2, 0) is 4.79 Å². The molecule has 16 heavy (non-hydrogen) atoms. The number of likely N-dealkylation sites (N-methyl/N-ethyl adjacent to an activating group) is 1. The van der Waals surface area contributed by atoms with Gasteiger partial charge in [-0.3, -0.25) is 4.79 Å². The summed E-state index contributed by atoms with van der Waals surface area (Å²) in [6.45, 7) is 5.79. The number of rotatable bonds is 3. The van der Waals surface area contributed by atoms with Crippen molar-refractivity contribution in [3.63, 3.8) is 0 Å². The maximum atomic E-state index is 12.2. The molecule has 2 fully saturated rings. The molecule has 0 radical (unpaired) electrons. The fraction of sp³-hybridized carbons (Fsp3) is 0.923. The number of carbonyl (C=O) groups is 1. The molecule has 1 aliphatic heterocycles. The lowest BCUT2D eigenvalue weighted by Gasteiger charge is -2.24. The average Bonchev–Trinajstić information content (AvgIpc) is 2.74. The number of nitrogens with one attached hydrogen (secondary N) is 1. The smallest absolute Gasteiger partial charge is 0.239 e. The molecule has 0 aromatic carbocycles. The quantitative estimate of drug-likeness (QED) is 0.792. The van der Waals surface area contributed by atoms with Crippen molar-refractivity contribution in [1.29, 1.82) is 0 Å². The summed E-state index contributed by atoms with van der Waals surface area (Å²) in [5.74, 6) is 1.08. The number of hydrogen-bond donors (Lipinski definition) is 1. The predicted molar refractivity (Wildman–Crippen MR) is 65.2 cm³/mol. The van der Waals surface area contributed by atoms with Crippen LogP contribution in [0.5, 0.6) is 0 Å². The molecule has 0 aromatic rings. The van der Waals surface area contributed by atoms with Crippen molar-refractivity contribution in [2.75, 3.05) is 13.1 Å². The number of fused-ring (bicyclic) bond motifs is 1. The first kappa shape index (κ1) is 11.9. The number of amides is 1. The van der Waals surface area contributed by atoms with Crippen molar-refractivity contribution < 1.29 is 4.79 Å². The Labute approximate surface area is 98.6 Å². The van der Waals surface area contributed by atoms with Gasteiger partial charge in [-0.05, 0) is 39.0 Å². The normalized spacial score (nSPS) is 33.5. The largest absolute Gasteiger partial charge is 0.342 e. The Bertz CT molecular complexity index is 236. The van der Waals surface area contributed by atoms with Gasteiger partial charge in [-0.25, -0.2) is 0 Å². The Hall–Kier alpha value is -0.570. The van der Waals surface area contributed by atoms with Crippen molar-refractivity contribution in [2.24, 2.45) is 5.92 Å². The summed E-state index contributed by atoms with van der Waals surface area (Å²) in [4.78, 5) is 14.2. The lowest BCUT2D eigenvalue weighted by Crippen LogP contribution is -2.45. The molecule has 0 aromatic heterocycles. The van der Waals surface area contributed by atoms with Crippen LogP contribution in [0, 0.1) is 5.92 Å².